The van der Waals surface area contributed by atoms with Crippen molar-refractivity contribution in [3.8, 4) is 22.8 Å². The molecule has 3 aromatic rings. The quantitative estimate of drug-likeness (QED) is 0.749. The van der Waals surface area contributed by atoms with Crippen molar-refractivity contribution in [2.75, 3.05) is 12.1 Å². The molecule has 1 aliphatic rings. The number of rotatable bonds is 4. The van der Waals surface area contributed by atoms with Gasteiger partial charge in [0.25, 0.3) is 5.56 Å². The van der Waals surface area contributed by atoms with E-state index in [1.54, 1.807) is 42.5 Å². The van der Waals surface area contributed by atoms with E-state index in [0.717, 1.165) is 10.2 Å². The zero-order chi connectivity index (χ0) is 18.8. The first-order valence-corrected chi connectivity index (χ1v) is 8.50. The fourth-order valence-electron chi connectivity index (χ4n) is 2.66. The Kier molecular flexibility index (Phi) is 4.52. The van der Waals surface area contributed by atoms with Crippen LogP contribution in [0.3, 0.4) is 0 Å². The van der Waals surface area contributed by atoms with E-state index in [2.05, 4.69) is 10.4 Å². The van der Waals surface area contributed by atoms with Gasteiger partial charge in [-0.15, -0.1) is 0 Å². The van der Waals surface area contributed by atoms with E-state index in [0.29, 0.717) is 27.9 Å². The van der Waals surface area contributed by atoms with Crippen LogP contribution < -0.4 is 20.3 Å². The predicted octanol–water partition coefficient (Wildman–Crippen LogP) is 2.93. The first kappa shape index (κ1) is 17.1. The average molecular weight is 384 g/mol. The normalized spacial score (nSPS) is 12.0. The zero-order valence-corrected chi connectivity index (χ0v) is 14.8. The van der Waals surface area contributed by atoms with Crippen molar-refractivity contribution in [2.45, 2.75) is 6.54 Å². The topological polar surface area (TPSA) is 82.5 Å². The average Bonchev–Trinajstić information content (AvgIpc) is 3.13. The first-order chi connectivity index (χ1) is 13.1. The van der Waals surface area contributed by atoms with E-state index >= 15 is 0 Å². The molecule has 1 aliphatic heterocycles. The highest BCUT2D eigenvalue weighted by molar-refractivity contribution is 6.33. The Morgan fingerprint density at radius 2 is 1.93 bits per heavy atom. The van der Waals surface area contributed by atoms with Gasteiger partial charge in [-0.1, -0.05) is 23.7 Å². The molecule has 0 atom stereocenters. The molecular weight excluding hydrogens is 370 g/mol. The minimum absolute atomic E-state index is 0.175. The number of fused-ring (bicyclic) bond motifs is 1. The Morgan fingerprint density at radius 1 is 1.11 bits per heavy atom. The Labute approximate surface area is 159 Å². The third-order valence-corrected chi connectivity index (χ3v) is 4.31. The van der Waals surface area contributed by atoms with Gasteiger partial charge in [0, 0.05) is 11.6 Å². The van der Waals surface area contributed by atoms with Crippen LogP contribution in [0, 0.1) is 0 Å². The van der Waals surface area contributed by atoms with E-state index in [-0.39, 0.29) is 18.9 Å². The molecule has 0 unspecified atom stereocenters. The molecule has 0 aliphatic carbocycles. The summed E-state index contributed by atoms with van der Waals surface area (Å²) in [6, 6.07) is 15.2. The van der Waals surface area contributed by atoms with E-state index in [1.807, 2.05) is 6.07 Å². The molecule has 27 heavy (non-hydrogen) atoms. The molecule has 0 spiro atoms. The number of carbonyl (C=O) groups is 1. The summed E-state index contributed by atoms with van der Waals surface area (Å²) in [5.74, 6) is 0.871. The fourth-order valence-corrected chi connectivity index (χ4v) is 2.84. The summed E-state index contributed by atoms with van der Waals surface area (Å²) in [6.07, 6.45) is 0. The van der Waals surface area contributed by atoms with Crippen LogP contribution in [0.15, 0.2) is 59.4 Å². The fraction of sp³-hybridized carbons (Fsp3) is 0.105. The van der Waals surface area contributed by atoms with Crippen LogP contribution in [0.5, 0.6) is 11.5 Å². The number of aromatic nitrogens is 2. The molecule has 0 saturated carbocycles. The van der Waals surface area contributed by atoms with Gasteiger partial charge in [0.05, 0.1) is 16.4 Å². The van der Waals surface area contributed by atoms with Gasteiger partial charge < -0.3 is 14.8 Å². The van der Waals surface area contributed by atoms with Gasteiger partial charge in [0.2, 0.25) is 12.7 Å². The second kappa shape index (κ2) is 7.13. The number of hydrogen-bond donors (Lipinski definition) is 1. The molecule has 1 amide bonds. The number of hydrogen-bond acceptors (Lipinski definition) is 5. The number of amides is 1. The minimum atomic E-state index is -0.402. The van der Waals surface area contributed by atoms with Gasteiger partial charge in [0.1, 0.15) is 6.54 Å². The molecule has 0 radical (unpaired) electrons. The van der Waals surface area contributed by atoms with E-state index in [4.69, 9.17) is 21.1 Å². The Bertz CT molecular complexity index is 1080. The number of ether oxygens (including phenoxy) is 2. The summed E-state index contributed by atoms with van der Waals surface area (Å²) >= 11 is 6.03. The molecule has 2 aromatic carbocycles. The minimum Gasteiger partial charge on any atom is -0.454 e. The summed E-state index contributed by atoms with van der Waals surface area (Å²) in [5.41, 5.74) is 1.39. The maximum atomic E-state index is 12.3. The number of nitrogens with zero attached hydrogens (tertiary/aromatic N) is 2. The molecule has 0 bridgehead atoms. The molecule has 0 saturated heterocycles. The van der Waals surface area contributed by atoms with Crippen molar-refractivity contribution < 1.29 is 14.3 Å². The van der Waals surface area contributed by atoms with Crippen LogP contribution in [-0.2, 0) is 11.3 Å². The van der Waals surface area contributed by atoms with Crippen molar-refractivity contribution in [3.05, 3.63) is 70.0 Å². The lowest BCUT2D eigenvalue weighted by Gasteiger charge is -2.09. The smallest absolute Gasteiger partial charge is 0.267 e. The van der Waals surface area contributed by atoms with Gasteiger partial charge in [0.15, 0.2) is 11.5 Å². The van der Waals surface area contributed by atoms with Crippen LogP contribution in [-0.4, -0.2) is 22.5 Å². The molecular formula is C19H14ClN3O4. The number of para-hydroxylation sites is 1. The lowest BCUT2D eigenvalue weighted by atomic mass is 10.1. The van der Waals surface area contributed by atoms with Crippen LogP contribution in [0.2, 0.25) is 5.02 Å². The number of benzene rings is 2. The predicted molar refractivity (Wildman–Crippen MR) is 100 cm³/mol. The summed E-state index contributed by atoms with van der Waals surface area (Å²) in [4.78, 5) is 24.4. The maximum absolute atomic E-state index is 12.3. The highest BCUT2D eigenvalue weighted by atomic mass is 35.5. The summed E-state index contributed by atoms with van der Waals surface area (Å²) in [6.45, 7) is -0.0591. The SMILES string of the molecule is O=C(Cn1nc(-c2ccc3c(c2)OCO3)ccc1=O)Nc1ccccc1Cl. The van der Waals surface area contributed by atoms with E-state index in [1.165, 1.54) is 6.07 Å². The van der Waals surface area contributed by atoms with Crippen molar-refractivity contribution in [2.24, 2.45) is 0 Å². The number of carbonyl (C=O) groups excluding carboxylic acids is 1. The van der Waals surface area contributed by atoms with Gasteiger partial charge in [-0.25, -0.2) is 4.68 Å². The Morgan fingerprint density at radius 3 is 2.78 bits per heavy atom. The molecule has 8 heteroatoms. The summed E-state index contributed by atoms with van der Waals surface area (Å²) in [7, 11) is 0. The standard InChI is InChI=1S/C19H14ClN3O4/c20-13-3-1-2-4-15(13)21-18(24)10-23-19(25)8-6-14(22-23)12-5-7-16-17(9-12)27-11-26-16/h1-9H,10-11H2,(H,21,24). The molecule has 7 nitrogen and oxygen atoms in total. The first-order valence-electron chi connectivity index (χ1n) is 8.13. The Hall–Kier alpha value is -3.32. The van der Waals surface area contributed by atoms with Crippen molar-refractivity contribution in [1.82, 2.24) is 9.78 Å². The molecule has 1 N–H and O–H groups in total. The number of nitrogens with one attached hydrogen (secondary N) is 1. The largest absolute Gasteiger partial charge is 0.454 e. The van der Waals surface area contributed by atoms with Gasteiger partial charge in [-0.3, -0.25) is 9.59 Å². The molecule has 1 aromatic heterocycles. The molecule has 4 rings (SSSR count). The summed E-state index contributed by atoms with van der Waals surface area (Å²) in [5, 5.41) is 7.37. The second-order valence-electron chi connectivity index (χ2n) is 5.81. The molecule has 0 fully saturated rings. The third kappa shape index (κ3) is 3.63. The van der Waals surface area contributed by atoms with Crippen LogP contribution >= 0.6 is 11.6 Å². The van der Waals surface area contributed by atoms with Crippen molar-refractivity contribution >= 4 is 23.2 Å². The monoisotopic (exact) mass is 383 g/mol. The van der Waals surface area contributed by atoms with Crippen LogP contribution in [0.1, 0.15) is 0 Å². The highest BCUT2D eigenvalue weighted by Gasteiger charge is 2.15. The lowest BCUT2D eigenvalue weighted by molar-refractivity contribution is -0.117. The van der Waals surface area contributed by atoms with Crippen molar-refractivity contribution in [1.29, 1.82) is 0 Å². The van der Waals surface area contributed by atoms with Crippen molar-refractivity contribution in [3.63, 3.8) is 0 Å². The maximum Gasteiger partial charge on any atom is 0.267 e. The van der Waals surface area contributed by atoms with Gasteiger partial charge in [-0.2, -0.15) is 5.10 Å². The van der Waals surface area contributed by atoms with Gasteiger partial charge >= 0.3 is 0 Å². The lowest BCUT2D eigenvalue weighted by Crippen LogP contribution is -2.29. The van der Waals surface area contributed by atoms with E-state index in [9.17, 15) is 9.59 Å². The number of anilines is 1. The second-order valence-corrected chi connectivity index (χ2v) is 6.22. The van der Waals surface area contributed by atoms with Gasteiger partial charge in [-0.05, 0) is 36.4 Å². The highest BCUT2D eigenvalue weighted by Crippen LogP contribution is 2.35. The molecule has 136 valence electrons. The third-order valence-electron chi connectivity index (χ3n) is 3.98. The number of halogens is 1. The van der Waals surface area contributed by atoms with Crippen LogP contribution in [0.25, 0.3) is 11.3 Å². The zero-order valence-electron chi connectivity index (χ0n) is 14.0. The molecule has 2 heterocycles. The Balaban J connectivity index is 1.57. The summed E-state index contributed by atoms with van der Waals surface area (Å²) < 4.78 is 11.8. The van der Waals surface area contributed by atoms with E-state index < -0.39 is 5.91 Å². The van der Waals surface area contributed by atoms with Crippen LogP contribution in [0.4, 0.5) is 5.69 Å².